The summed E-state index contributed by atoms with van der Waals surface area (Å²) in [6.45, 7) is 7.41. The van der Waals surface area contributed by atoms with Crippen molar-refractivity contribution in [2.45, 2.75) is 33.0 Å². The van der Waals surface area contributed by atoms with E-state index in [1.54, 1.807) is 61.1 Å². The standard InChI is InChI=1S/C23H26ClN3O4Si/c1-14-18(13-21(28)27(23(25)30)32(3,4)5)19-12-17(31-2)10-11-20(19)26(14)22(29)15-6-8-16(24)9-7-15/h6-12H,13H2,1-5H3,(H2,25,30). The number of ether oxygens (including phenoxy) is 1. The average Bonchev–Trinajstić information content (AvgIpc) is 2.97. The first-order valence-electron chi connectivity index (χ1n) is 10.1. The van der Waals surface area contributed by atoms with Gasteiger partial charge in [0, 0.05) is 21.7 Å². The SMILES string of the molecule is COc1ccc2c(c1)c(CC(=O)N(C(N)=O)[Si](C)(C)C)c(C)n2C(=O)c1ccc(Cl)cc1. The van der Waals surface area contributed by atoms with Crippen LogP contribution in [0.15, 0.2) is 42.5 Å². The summed E-state index contributed by atoms with van der Waals surface area (Å²) in [6.07, 6.45) is -0.0659. The van der Waals surface area contributed by atoms with Crippen LogP contribution >= 0.6 is 11.6 Å². The van der Waals surface area contributed by atoms with Gasteiger partial charge in [0.25, 0.3) is 5.91 Å². The van der Waals surface area contributed by atoms with Crippen LogP contribution in [0.3, 0.4) is 0 Å². The third-order valence-corrected chi connectivity index (χ3v) is 7.37. The average molecular weight is 472 g/mol. The second-order valence-electron chi connectivity index (χ2n) is 8.51. The highest BCUT2D eigenvalue weighted by Gasteiger charge is 2.34. The van der Waals surface area contributed by atoms with Crippen LogP contribution in [-0.2, 0) is 11.2 Å². The fourth-order valence-electron chi connectivity index (χ4n) is 3.85. The monoisotopic (exact) mass is 471 g/mol. The van der Waals surface area contributed by atoms with E-state index in [0.29, 0.717) is 38.5 Å². The number of imide groups is 1. The number of benzene rings is 2. The van der Waals surface area contributed by atoms with Gasteiger partial charge in [-0.05, 0) is 55.0 Å². The van der Waals surface area contributed by atoms with Gasteiger partial charge in [0.2, 0.25) is 5.91 Å². The van der Waals surface area contributed by atoms with E-state index in [4.69, 9.17) is 22.1 Å². The van der Waals surface area contributed by atoms with Crippen LogP contribution in [0.5, 0.6) is 5.75 Å². The minimum Gasteiger partial charge on any atom is -0.497 e. The number of rotatable bonds is 5. The molecule has 0 aliphatic rings. The van der Waals surface area contributed by atoms with Gasteiger partial charge in [-0.15, -0.1) is 0 Å². The van der Waals surface area contributed by atoms with Gasteiger partial charge in [0.1, 0.15) is 5.75 Å². The number of hydrogen-bond donors (Lipinski definition) is 1. The highest BCUT2D eigenvalue weighted by molar-refractivity contribution is 6.77. The second kappa shape index (κ2) is 8.80. The Kier molecular flexibility index (Phi) is 6.48. The van der Waals surface area contributed by atoms with E-state index in [1.165, 1.54) is 4.57 Å². The number of aromatic nitrogens is 1. The maximum Gasteiger partial charge on any atom is 0.313 e. The lowest BCUT2D eigenvalue weighted by Gasteiger charge is -2.30. The van der Waals surface area contributed by atoms with Crippen LogP contribution in [0.25, 0.3) is 10.9 Å². The van der Waals surface area contributed by atoms with Crippen molar-refractivity contribution in [1.29, 1.82) is 0 Å². The highest BCUT2D eigenvalue weighted by atomic mass is 35.5. The Morgan fingerprint density at radius 3 is 2.25 bits per heavy atom. The van der Waals surface area contributed by atoms with Crippen LogP contribution < -0.4 is 10.5 Å². The zero-order chi connectivity index (χ0) is 23.8. The molecule has 0 spiro atoms. The summed E-state index contributed by atoms with van der Waals surface area (Å²) >= 11 is 5.97. The van der Waals surface area contributed by atoms with E-state index >= 15 is 0 Å². The molecule has 0 bridgehead atoms. The van der Waals surface area contributed by atoms with Crippen molar-refractivity contribution in [3.8, 4) is 5.75 Å². The van der Waals surface area contributed by atoms with Crippen LogP contribution in [-0.4, -0.2) is 42.3 Å². The molecule has 0 unspecified atom stereocenters. The maximum atomic E-state index is 13.4. The molecule has 0 aliphatic carbocycles. The Morgan fingerprint density at radius 1 is 1.09 bits per heavy atom. The van der Waals surface area contributed by atoms with Crippen molar-refractivity contribution >= 4 is 48.6 Å². The Bertz CT molecular complexity index is 1210. The molecule has 2 aromatic carbocycles. The minimum atomic E-state index is -2.34. The van der Waals surface area contributed by atoms with Crippen molar-refractivity contribution in [3.63, 3.8) is 0 Å². The largest absolute Gasteiger partial charge is 0.497 e. The number of amides is 3. The fraction of sp³-hybridized carbons (Fsp3) is 0.261. The fourth-order valence-corrected chi connectivity index (χ4v) is 5.47. The van der Waals surface area contributed by atoms with Gasteiger partial charge in [-0.25, -0.2) is 4.79 Å². The number of methoxy groups -OCH3 is 1. The number of nitrogens with zero attached hydrogens (tertiary/aromatic N) is 2. The van der Waals surface area contributed by atoms with Crippen molar-refractivity contribution in [2.24, 2.45) is 5.73 Å². The van der Waals surface area contributed by atoms with Gasteiger partial charge in [0.15, 0.2) is 8.24 Å². The summed E-state index contributed by atoms with van der Waals surface area (Å²) in [7, 11) is -0.794. The van der Waals surface area contributed by atoms with Gasteiger partial charge >= 0.3 is 6.03 Å². The number of primary amides is 1. The Labute approximate surface area is 192 Å². The third-order valence-electron chi connectivity index (χ3n) is 5.30. The van der Waals surface area contributed by atoms with Crippen molar-refractivity contribution in [3.05, 3.63) is 64.3 Å². The summed E-state index contributed by atoms with van der Waals surface area (Å²) in [6, 6.07) is 11.2. The Balaban J connectivity index is 2.17. The minimum absolute atomic E-state index is 0.0659. The molecule has 0 aliphatic heterocycles. The summed E-state index contributed by atoms with van der Waals surface area (Å²) in [5.74, 6) is -0.0372. The first-order chi connectivity index (χ1) is 15.0. The zero-order valence-electron chi connectivity index (χ0n) is 18.7. The third kappa shape index (κ3) is 4.42. The molecule has 3 amide bonds. The second-order valence-corrected chi connectivity index (χ2v) is 13.7. The molecule has 0 saturated carbocycles. The number of hydrogen-bond acceptors (Lipinski definition) is 4. The van der Waals surface area contributed by atoms with E-state index < -0.39 is 14.3 Å². The number of carbonyl (C=O) groups excluding carboxylic acids is 3. The number of fused-ring (bicyclic) bond motifs is 1. The van der Waals surface area contributed by atoms with Gasteiger partial charge in [-0.3, -0.25) is 18.7 Å². The lowest BCUT2D eigenvalue weighted by Crippen LogP contribution is -2.55. The maximum absolute atomic E-state index is 13.4. The molecule has 7 nitrogen and oxygen atoms in total. The normalized spacial score (nSPS) is 11.4. The van der Waals surface area contributed by atoms with Crippen molar-refractivity contribution in [1.82, 2.24) is 9.13 Å². The molecule has 0 fully saturated rings. The smallest absolute Gasteiger partial charge is 0.313 e. The molecule has 2 N–H and O–H groups in total. The molecule has 32 heavy (non-hydrogen) atoms. The lowest BCUT2D eigenvalue weighted by molar-refractivity contribution is -0.124. The number of nitrogens with two attached hydrogens (primary N) is 1. The van der Waals surface area contributed by atoms with E-state index in [9.17, 15) is 14.4 Å². The Morgan fingerprint density at radius 2 is 1.72 bits per heavy atom. The summed E-state index contributed by atoms with van der Waals surface area (Å²) in [4.78, 5) is 38.6. The van der Waals surface area contributed by atoms with Crippen LogP contribution in [0.1, 0.15) is 21.6 Å². The number of carbonyl (C=O) groups is 3. The van der Waals surface area contributed by atoms with Crippen LogP contribution in [0.4, 0.5) is 4.79 Å². The predicted octanol–water partition coefficient (Wildman–Crippen LogP) is 4.58. The molecule has 3 rings (SSSR count). The van der Waals surface area contributed by atoms with Crippen LogP contribution in [0.2, 0.25) is 24.7 Å². The molecular weight excluding hydrogens is 446 g/mol. The van der Waals surface area contributed by atoms with E-state index in [0.717, 1.165) is 0 Å². The van der Waals surface area contributed by atoms with Gasteiger partial charge < -0.3 is 10.5 Å². The lowest BCUT2D eigenvalue weighted by atomic mass is 10.1. The van der Waals surface area contributed by atoms with Crippen LogP contribution in [0, 0.1) is 6.92 Å². The van der Waals surface area contributed by atoms with E-state index in [2.05, 4.69) is 0 Å². The van der Waals surface area contributed by atoms with Crippen molar-refractivity contribution in [2.75, 3.05) is 7.11 Å². The first kappa shape index (κ1) is 23.6. The Hall–Kier alpha value is -3.10. The molecule has 0 radical (unpaired) electrons. The quantitative estimate of drug-likeness (QED) is 0.551. The van der Waals surface area contributed by atoms with E-state index in [-0.39, 0.29) is 18.2 Å². The number of halogens is 1. The molecule has 0 atom stereocenters. The molecular formula is C23H26ClN3O4Si. The summed E-state index contributed by atoms with van der Waals surface area (Å²) < 4.78 is 8.11. The molecule has 168 valence electrons. The van der Waals surface area contributed by atoms with E-state index in [1.807, 2.05) is 19.6 Å². The zero-order valence-corrected chi connectivity index (χ0v) is 20.5. The molecule has 1 heterocycles. The predicted molar refractivity (Wildman–Crippen MR) is 128 cm³/mol. The molecule has 3 aromatic rings. The first-order valence-corrected chi connectivity index (χ1v) is 13.9. The molecule has 9 heteroatoms. The van der Waals surface area contributed by atoms with Gasteiger partial charge in [-0.1, -0.05) is 31.2 Å². The summed E-state index contributed by atoms with van der Waals surface area (Å²) in [5.41, 5.74) is 7.89. The van der Waals surface area contributed by atoms with Crippen molar-refractivity contribution < 1.29 is 19.1 Å². The van der Waals surface area contributed by atoms with Gasteiger partial charge in [0.05, 0.1) is 19.0 Å². The molecule has 1 aromatic heterocycles. The summed E-state index contributed by atoms with van der Waals surface area (Å²) in [5, 5.41) is 1.24. The number of urea groups is 1. The highest BCUT2D eigenvalue weighted by Crippen LogP contribution is 2.31. The van der Waals surface area contributed by atoms with Gasteiger partial charge in [-0.2, -0.15) is 0 Å². The topological polar surface area (TPSA) is 94.6 Å². The molecule has 0 saturated heterocycles.